The number of benzene rings is 3. The van der Waals surface area contributed by atoms with E-state index in [0.29, 0.717) is 11.4 Å². The Bertz CT molecular complexity index is 1040. The molecule has 0 aromatic heterocycles. The molecule has 0 radical (unpaired) electrons. The van der Waals surface area contributed by atoms with Crippen molar-refractivity contribution >= 4 is 28.3 Å². The minimum absolute atomic E-state index is 0.00719. The van der Waals surface area contributed by atoms with Crippen LogP contribution in [0.4, 0.5) is 5.69 Å². The molecule has 1 atom stereocenters. The maximum absolute atomic E-state index is 12.2. The second kappa shape index (κ2) is 9.89. The van der Waals surface area contributed by atoms with Crippen LogP contribution in [0.5, 0.6) is 5.75 Å². The summed E-state index contributed by atoms with van der Waals surface area (Å²) < 4.78 is 5.25. The van der Waals surface area contributed by atoms with Gasteiger partial charge in [-0.15, -0.1) is 0 Å². The summed E-state index contributed by atoms with van der Waals surface area (Å²) in [5, 5.41) is 11.0. The first-order valence-corrected chi connectivity index (χ1v) is 9.90. The minimum atomic E-state index is -0.311. The van der Waals surface area contributed by atoms with Gasteiger partial charge in [-0.1, -0.05) is 48.5 Å². The van der Waals surface area contributed by atoms with E-state index < -0.39 is 0 Å². The average Bonchev–Trinajstić information content (AvgIpc) is 2.75. The third-order valence-electron chi connectivity index (χ3n) is 4.93. The highest BCUT2D eigenvalue weighted by Crippen LogP contribution is 2.25. The van der Waals surface area contributed by atoms with Crippen molar-refractivity contribution in [3.8, 4) is 5.75 Å². The van der Waals surface area contributed by atoms with E-state index in [0.717, 1.165) is 21.9 Å². The van der Waals surface area contributed by atoms with Crippen molar-refractivity contribution in [3.63, 3.8) is 0 Å². The Morgan fingerprint density at radius 3 is 2.53 bits per heavy atom. The van der Waals surface area contributed by atoms with E-state index >= 15 is 0 Å². The maximum Gasteiger partial charge on any atom is 0.243 e. The summed E-state index contributed by atoms with van der Waals surface area (Å²) in [5.41, 5.74) is 2.71. The molecule has 156 valence electrons. The molecule has 0 bridgehead atoms. The standard InChI is InChI=1S/C24H27N3O3/c1-16-11-12-22(30-3)21(13-16)27-24(29)15-26-23(28)14-25-17(2)19-10-6-8-18-7-4-5-9-20(18)19/h4-13,17,25H,14-15H2,1-3H3,(H,26,28)(H,27,29). The van der Waals surface area contributed by atoms with Gasteiger partial charge in [0.1, 0.15) is 5.75 Å². The molecule has 0 spiro atoms. The number of rotatable bonds is 8. The van der Waals surface area contributed by atoms with Gasteiger partial charge in [0, 0.05) is 6.04 Å². The second-order valence-electron chi connectivity index (χ2n) is 7.20. The molecule has 0 aliphatic rings. The predicted molar refractivity (Wildman–Crippen MR) is 120 cm³/mol. The number of fused-ring (bicyclic) bond motifs is 1. The van der Waals surface area contributed by atoms with Crippen LogP contribution in [0, 0.1) is 6.92 Å². The third kappa shape index (κ3) is 5.36. The van der Waals surface area contributed by atoms with Gasteiger partial charge >= 0.3 is 0 Å². The summed E-state index contributed by atoms with van der Waals surface area (Å²) in [4.78, 5) is 24.4. The summed E-state index contributed by atoms with van der Waals surface area (Å²) in [5.74, 6) is 0.0219. The zero-order valence-electron chi connectivity index (χ0n) is 17.5. The van der Waals surface area contributed by atoms with Crippen LogP contribution in [-0.2, 0) is 9.59 Å². The Morgan fingerprint density at radius 2 is 1.73 bits per heavy atom. The lowest BCUT2D eigenvalue weighted by Crippen LogP contribution is -2.39. The molecular formula is C24H27N3O3. The van der Waals surface area contributed by atoms with Crippen LogP contribution in [0.3, 0.4) is 0 Å². The summed E-state index contributed by atoms with van der Waals surface area (Å²) in [6, 6.07) is 19.8. The number of carbonyl (C=O) groups is 2. The van der Waals surface area contributed by atoms with Crippen LogP contribution in [0.15, 0.2) is 60.7 Å². The summed E-state index contributed by atoms with van der Waals surface area (Å²) in [6.07, 6.45) is 0. The molecule has 0 saturated carbocycles. The van der Waals surface area contributed by atoms with Crippen molar-refractivity contribution in [1.82, 2.24) is 10.6 Å². The smallest absolute Gasteiger partial charge is 0.243 e. The molecule has 0 heterocycles. The van der Waals surface area contributed by atoms with Crippen LogP contribution >= 0.6 is 0 Å². The van der Waals surface area contributed by atoms with Gasteiger partial charge in [0.05, 0.1) is 25.9 Å². The van der Waals surface area contributed by atoms with E-state index in [2.05, 4.69) is 40.2 Å². The number of amides is 2. The Kier molecular flexibility index (Phi) is 7.03. The summed E-state index contributed by atoms with van der Waals surface area (Å²) in [7, 11) is 1.55. The summed E-state index contributed by atoms with van der Waals surface area (Å²) in [6.45, 7) is 3.96. The van der Waals surface area contributed by atoms with E-state index in [9.17, 15) is 9.59 Å². The van der Waals surface area contributed by atoms with Gasteiger partial charge in [-0.25, -0.2) is 0 Å². The van der Waals surface area contributed by atoms with Gasteiger partial charge in [0.2, 0.25) is 11.8 Å². The molecule has 0 saturated heterocycles. The normalized spacial score (nSPS) is 11.7. The van der Waals surface area contributed by atoms with Crippen molar-refractivity contribution in [2.24, 2.45) is 0 Å². The van der Waals surface area contributed by atoms with E-state index in [1.807, 2.05) is 44.2 Å². The zero-order valence-corrected chi connectivity index (χ0v) is 17.5. The summed E-state index contributed by atoms with van der Waals surface area (Å²) >= 11 is 0. The van der Waals surface area contributed by atoms with Gasteiger partial charge < -0.3 is 20.7 Å². The molecule has 30 heavy (non-hydrogen) atoms. The van der Waals surface area contributed by atoms with Crippen molar-refractivity contribution in [2.45, 2.75) is 19.9 Å². The van der Waals surface area contributed by atoms with E-state index in [1.54, 1.807) is 13.2 Å². The first-order valence-electron chi connectivity index (χ1n) is 9.90. The number of aryl methyl sites for hydroxylation is 1. The van der Waals surface area contributed by atoms with E-state index in [-0.39, 0.29) is 30.9 Å². The quantitative estimate of drug-likeness (QED) is 0.535. The molecule has 3 aromatic carbocycles. The van der Waals surface area contributed by atoms with Gasteiger partial charge in [-0.2, -0.15) is 0 Å². The second-order valence-corrected chi connectivity index (χ2v) is 7.20. The minimum Gasteiger partial charge on any atom is -0.495 e. The van der Waals surface area contributed by atoms with Crippen LogP contribution in [-0.4, -0.2) is 32.0 Å². The fraction of sp³-hybridized carbons (Fsp3) is 0.250. The average molecular weight is 405 g/mol. The fourth-order valence-corrected chi connectivity index (χ4v) is 3.34. The monoisotopic (exact) mass is 405 g/mol. The van der Waals surface area contributed by atoms with Crippen molar-refractivity contribution in [3.05, 3.63) is 71.8 Å². The number of ether oxygens (including phenoxy) is 1. The highest BCUT2D eigenvalue weighted by molar-refractivity contribution is 5.96. The largest absolute Gasteiger partial charge is 0.495 e. The first kappa shape index (κ1) is 21.3. The lowest BCUT2D eigenvalue weighted by Gasteiger charge is -2.16. The molecule has 6 heteroatoms. The Labute approximate surface area is 176 Å². The molecule has 3 N–H and O–H groups in total. The number of carbonyl (C=O) groups excluding carboxylic acids is 2. The van der Waals surface area contributed by atoms with Gasteiger partial charge in [-0.3, -0.25) is 9.59 Å². The maximum atomic E-state index is 12.2. The number of nitrogens with one attached hydrogen (secondary N) is 3. The van der Waals surface area contributed by atoms with E-state index in [4.69, 9.17) is 4.74 Å². The number of anilines is 1. The predicted octanol–water partition coefficient (Wildman–Crippen LogP) is 3.56. The molecule has 0 aliphatic heterocycles. The van der Waals surface area contributed by atoms with Crippen molar-refractivity contribution in [1.29, 1.82) is 0 Å². The highest BCUT2D eigenvalue weighted by atomic mass is 16.5. The van der Waals surface area contributed by atoms with Crippen LogP contribution in [0.2, 0.25) is 0 Å². The molecule has 3 aromatic rings. The molecule has 3 rings (SSSR count). The molecule has 1 unspecified atom stereocenters. The zero-order chi connectivity index (χ0) is 21.5. The van der Waals surface area contributed by atoms with Crippen LogP contribution < -0.4 is 20.7 Å². The Balaban J connectivity index is 1.50. The van der Waals surface area contributed by atoms with Crippen LogP contribution in [0.25, 0.3) is 10.8 Å². The first-order chi connectivity index (χ1) is 14.5. The number of methoxy groups -OCH3 is 1. The lowest BCUT2D eigenvalue weighted by atomic mass is 10.00. The van der Waals surface area contributed by atoms with Crippen molar-refractivity contribution in [2.75, 3.05) is 25.5 Å². The van der Waals surface area contributed by atoms with Gasteiger partial charge in [-0.05, 0) is 47.9 Å². The highest BCUT2D eigenvalue weighted by Gasteiger charge is 2.12. The van der Waals surface area contributed by atoms with Crippen LogP contribution in [0.1, 0.15) is 24.1 Å². The fourth-order valence-electron chi connectivity index (χ4n) is 3.34. The molecule has 0 fully saturated rings. The molecular weight excluding hydrogens is 378 g/mol. The topological polar surface area (TPSA) is 79.5 Å². The van der Waals surface area contributed by atoms with E-state index in [1.165, 1.54) is 0 Å². The molecule has 0 aliphatic carbocycles. The number of hydrogen-bond donors (Lipinski definition) is 3. The lowest BCUT2D eigenvalue weighted by molar-refractivity contribution is -0.123. The Morgan fingerprint density at radius 1 is 0.967 bits per heavy atom. The van der Waals surface area contributed by atoms with Gasteiger partial charge in [0.15, 0.2) is 0 Å². The van der Waals surface area contributed by atoms with Gasteiger partial charge in [0.25, 0.3) is 0 Å². The third-order valence-corrected chi connectivity index (χ3v) is 4.93. The molecule has 6 nitrogen and oxygen atoms in total. The Hall–Kier alpha value is -3.38. The number of hydrogen-bond acceptors (Lipinski definition) is 4. The SMILES string of the molecule is COc1ccc(C)cc1NC(=O)CNC(=O)CNC(C)c1cccc2ccccc12. The van der Waals surface area contributed by atoms with Crippen molar-refractivity contribution < 1.29 is 14.3 Å². The molecule has 2 amide bonds.